The minimum absolute atomic E-state index is 0.0583. The van der Waals surface area contributed by atoms with Gasteiger partial charge < -0.3 is 9.64 Å². The Hall–Kier alpha value is -1.10. The van der Waals surface area contributed by atoms with E-state index in [-0.39, 0.29) is 18.3 Å². The molecule has 0 saturated heterocycles. The van der Waals surface area contributed by atoms with Crippen molar-refractivity contribution in [2.45, 2.75) is 0 Å². The fourth-order valence-electron chi connectivity index (χ4n) is 0.861. The molecule has 0 radical (unpaired) electrons. The van der Waals surface area contributed by atoms with E-state index in [0.717, 1.165) is 0 Å². The lowest BCUT2D eigenvalue weighted by Gasteiger charge is -2.12. The number of hydrogen-bond acceptors (Lipinski definition) is 2. The molecule has 0 fully saturated rings. The standard InChI is InChI=1S/C10H11BrFNO2/c1-13(2)10(14)6-15-9-4-3-7(12)5-8(9)11/h3-5H,6H2,1-2H3. The Morgan fingerprint density at radius 1 is 1.53 bits per heavy atom. The van der Waals surface area contributed by atoms with Gasteiger partial charge in [0, 0.05) is 14.1 Å². The highest BCUT2D eigenvalue weighted by atomic mass is 79.9. The van der Waals surface area contributed by atoms with Gasteiger partial charge in [0.1, 0.15) is 11.6 Å². The zero-order valence-electron chi connectivity index (χ0n) is 8.46. The van der Waals surface area contributed by atoms with Crippen LogP contribution in [0.5, 0.6) is 5.75 Å². The minimum atomic E-state index is -0.354. The summed E-state index contributed by atoms with van der Waals surface area (Å²) in [6.45, 7) is -0.0583. The molecule has 0 aliphatic heterocycles. The van der Waals surface area contributed by atoms with E-state index in [0.29, 0.717) is 10.2 Å². The second kappa shape index (κ2) is 5.11. The maximum atomic E-state index is 12.7. The van der Waals surface area contributed by atoms with Crippen molar-refractivity contribution in [3.63, 3.8) is 0 Å². The molecule has 1 rings (SSSR count). The lowest BCUT2D eigenvalue weighted by Crippen LogP contribution is -2.27. The van der Waals surface area contributed by atoms with Crippen LogP contribution in [0.4, 0.5) is 4.39 Å². The molecule has 0 heterocycles. The van der Waals surface area contributed by atoms with Crippen LogP contribution in [-0.2, 0) is 4.79 Å². The molecule has 1 aromatic carbocycles. The molecule has 0 unspecified atom stereocenters. The summed E-state index contributed by atoms with van der Waals surface area (Å²) in [6.07, 6.45) is 0. The average Bonchev–Trinajstić information content (AvgIpc) is 2.15. The molecule has 0 aromatic heterocycles. The number of rotatable bonds is 3. The van der Waals surface area contributed by atoms with Gasteiger partial charge in [-0.05, 0) is 34.1 Å². The summed E-state index contributed by atoms with van der Waals surface area (Å²) in [5, 5.41) is 0. The molecule has 0 saturated carbocycles. The third-order valence-electron chi connectivity index (χ3n) is 1.74. The molecule has 0 atom stereocenters. The topological polar surface area (TPSA) is 29.5 Å². The van der Waals surface area contributed by atoms with E-state index in [1.54, 1.807) is 14.1 Å². The molecule has 5 heteroatoms. The quantitative estimate of drug-likeness (QED) is 0.845. The number of nitrogens with zero attached hydrogens (tertiary/aromatic N) is 1. The Balaban J connectivity index is 2.62. The Morgan fingerprint density at radius 2 is 2.20 bits per heavy atom. The number of likely N-dealkylation sites (N-methyl/N-ethyl adjacent to an activating group) is 1. The summed E-state index contributed by atoms with van der Waals surface area (Å²) in [4.78, 5) is 12.6. The molecule has 82 valence electrons. The Labute approximate surface area is 96.0 Å². The van der Waals surface area contributed by atoms with Crippen LogP contribution in [-0.4, -0.2) is 31.5 Å². The van der Waals surface area contributed by atoms with E-state index in [9.17, 15) is 9.18 Å². The first kappa shape index (κ1) is 12.0. The van der Waals surface area contributed by atoms with Crippen molar-refractivity contribution in [1.29, 1.82) is 0 Å². The van der Waals surface area contributed by atoms with E-state index in [4.69, 9.17) is 4.74 Å². The van der Waals surface area contributed by atoms with Crippen LogP contribution in [0.2, 0.25) is 0 Å². The van der Waals surface area contributed by atoms with Gasteiger partial charge >= 0.3 is 0 Å². The number of benzene rings is 1. The predicted molar refractivity (Wildman–Crippen MR) is 58.3 cm³/mol. The third-order valence-corrected chi connectivity index (χ3v) is 2.36. The summed E-state index contributed by atoms with van der Waals surface area (Å²) in [5.74, 6) is -0.0500. The molecule has 0 bridgehead atoms. The van der Waals surface area contributed by atoms with E-state index in [2.05, 4.69) is 15.9 Å². The van der Waals surface area contributed by atoms with Gasteiger partial charge in [0.15, 0.2) is 6.61 Å². The van der Waals surface area contributed by atoms with Gasteiger partial charge in [-0.2, -0.15) is 0 Å². The zero-order valence-corrected chi connectivity index (χ0v) is 10.0. The largest absolute Gasteiger partial charge is 0.483 e. The van der Waals surface area contributed by atoms with Crippen molar-refractivity contribution in [3.8, 4) is 5.75 Å². The van der Waals surface area contributed by atoms with Crippen LogP contribution in [0, 0.1) is 5.82 Å². The van der Waals surface area contributed by atoms with Gasteiger partial charge in [-0.3, -0.25) is 4.79 Å². The lowest BCUT2D eigenvalue weighted by molar-refractivity contribution is -0.130. The van der Waals surface area contributed by atoms with Gasteiger partial charge in [-0.1, -0.05) is 0 Å². The van der Waals surface area contributed by atoms with Crippen molar-refractivity contribution in [1.82, 2.24) is 4.90 Å². The Bertz CT molecular complexity index is 368. The summed E-state index contributed by atoms with van der Waals surface area (Å²) < 4.78 is 18.4. The fraction of sp³-hybridized carbons (Fsp3) is 0.300. The molecule has 1 aromatic rings. The highest BCUT2D eigenvalue weighted by Gasteiger charge is 2.07. The first-order valence-corrected chi connectivity index (χ1v) is 5.08. The minimum Gasteiger partial charge on any atom is -0.483 e. The number of hydrogen-bond donors (Lipinski definition) is 0. The molecule has 3 nitrogen and oxygen atoms in total. The highest BCUT2D eigenvalue weighted by molar-refractivity contribution is 9.10. The van der Waals surface area contributed by atoms with E-state index in [1.165, 1.54) is 23.1 Å². The van der Waals surface area contributed by atoms with Crippen molar-refractivity contribution in [2.24, 2.45) is 0 Å². The van der Waals surface area contributed by atoms with Gasteiger partial charge in [-0.15, -0.1) is 0 Å². The van der Waals surface area contributed by atoms with Crippen LogP contribution in [0.1, 0.15) is 0 Å². The maximum Gasteiger partial charge on any atom is 0.259 e. The molecular weight excluding hydrogens is 265 g/mol. The fourth-order valence-corrected chi connectivity index (χ4v) is 1.33. The molecule has 15 heavy (non-hydrogen) atoms. The van der Waals surface area contributed by atoms with Crippen molar-refractivity contribution in [3.05, 3.63) is 28.5 Å². The van der Waals surface area contributed by atoms with Crippen molar-refractivity contribution >= 4 is 21.8 Å². The summed E-state index contributed by atoms with van der Waals surface area (Å²) in [5.41, 5.74) is 0. The second-order valence-electron chi connectivity index (χ2n) is 3.15. The smallest absolute Gasteiger partial charge is 0.259 e. The van der Waals surface area contributed by atoms with Gasteiger partial charge in [0.2, 0.25) is 0 Å². The number of amides is 1. The van der Waals surface area contributed by atoms with Crippen molar-refractivity contribution < 1.29 is 13.9 Å². The monoisotopic (exact) mass is 275 g/mol. The van der Waals surface area contributed by atoms with Crippen LogP contribution in [0.15, 0.2) is 22.7 Å². The van der Waals surface area contributed by atoms with Gasteiger partial charge in [0.25, 0.3) is 5.91 Å². The Morgan fingerprint density at radius 3 is 2.73 bits per heavy atom. The average molecular weight is 276 g/mol. The summed E-state index contributed by atoms with van der Waals surface area (Å²) in [6, 6.07) is 4.04. The summed E-state index contributed by atoms with van der Waals surface area (Å²) >= 11 is 3.14. The molecular formula is C10H11BrFNO2. The van der Waals surface area contributed by atoms with E-state index < -0.39 is 0 Å². The normalized spacial score (nSPS) is 9.87. The maximum absolute atomic E-state index is 12.7. The van der Waals surface area contributed by atoms with Crippen molar-refractivity contribution in [2.75, 3.05) is 20.7 Å². The van der Waals surface area contributed by atoms with Crippen LogP contribution in [0.3, 0.4) is 0 Å². The SMILES string of the molecule is CN(C)C(=O)COc1ccc(F)cc1Br. The summed E-state index contributed by atoms with van der Waals surface area (Å²) in [7, 11) is 3.29. The number of ether oxygens (including phenoxy) is 1. The second-order valence-corrected chi connectivity index (χ2v) is 4.01. The first-order chi connectivity index (χ1) is 7.00. The molecule has 1 amide bonds. The number of carbonyl (C=O) groups is 1. The predicted octanol–water partition coefficient (Wildman–Crippen LogP) is 2.06. The van der Waals surface area contributed by atoms with Gasteiger partial charge in [0.05, 0.1) is 4.47 Å². The zero-order chi connectivity index (χ0) is 11.4. The molecule has 0 spiro atoms. The molecule has 0 N–H and O–H groups in total. The van der Waals surface area contributed by atoms with E-state index in [1.807, 2.05) is 0 Å². The Kier molecular flexibility index (Phi) is 4.08. The number of carbonyl (C=O) groups excluding carboxylic acids is 1. The van der Waals surface area contributed by atoms with Crippen LogP contribution in [0.25, 0.3) is 0 Å². The highest BCUT2D eigenvalue weighted by Crippen LogP contribution is 2.25. The third kappa shape index (κ3) is 3.51. The molecule has 0 aliphatic carbocycles. The van der Waals surface area contributed by atoms with Gasteiger partial charge in [-0.25, -0.2) is 4.39 Å². The number of halogens is 2. The lowest BCUT2D eigenvalue weighted by atomic mass is 10.3. The van der Waals surface area contributed by atoms with Crippen LogP contribution >= 0.6 is 15.9 Å². The first-order valence-electron chi connectivity index (χ1n) is 4.28. The van der Waals surface area contributed by atoms with Crippen LogP contribution < -0.4 is 4.74 Å². The molecule has 0 aliphatic rings. The van der Waals surface area contributed by atoms with E-state index >= 15 is 0 Å².